The fourth-order valence-corrected chi connectivity index (χ4v) is 2.23. The average Bonchev–Trinajstić information content (AvgIpc) is 2.34. The van der Waals surface area contributed by atoms with Crippen molar-refractivity contribution in [2.45, 2.75) is 32.4 Å². The Morgan fingerprint density at radius 1 is 1.50 bits per heavy atom. The molecule has 0 aliphatic carbocycles. The van der Waals surface area contributed by atoms with Gasteiger partial charge in [0.05, 0.1) is 11.3 Å². The van der Waals surface area contributed by atoms with Crippen molar-refractivity contribution in [1.29, 1.82) is 5.26 Å². The number of thioether (sulfide) groups is 1. The third-order valence-corrected chi connectivity index (χ3v) is 3.76. The standard InChI is InChI=1S/C14H18N2OS/c1-10-5-6-11(2)13(9-10)16-14(17)12(3)18-8-4-7-15/h5-6,9,12H,4,8H2,1-3H3,(H,16,17). The third-order valence-electron chi connectivity index (χ3n) is 2.60. The number of aryl methyl sites for hydroxylation is 2. The minimum Gasteiger partial charge on any atom is -0.325 e. The molecule has 0 aliphatic heterocycles. The summed E-state index contributed by atoms with van der Waals surface area (Å²) in [5.74, 6) is 0.685. The summed E-state index contributed by atoms with van der Waals surface area (Å²) in [4.78, 5) is 12.0. The van der Waals surface area contributed by atoms with Gasteiger partial charge in [-0.25, -0.2) is 0 Å². The Bertz CT molecular complexity index is 465. The molecule has 1 amide bonds. The minimum atomic E-state index is -0.140. The van der Waals surface area contributed by atoms with E-state index in [1.165, 1.54) is 11.8 Å². The van der Waals surface area contributed by atoms with E-state index in [2.05, 4.69) is 11.4 Å². The lowest BCUT2D eigenvalue weighted by atomic mass is 10.1. The maximum Gasteiger partial charge on any atom is 0.237 e. The van der Waals surface area contributed by atoms with Crippen LogP contribution in [0.5, 0.6) is 0 Å². The van der Waals surface area contributed by atoms with Gasteiger partial charge in [0.25, 0.3) is 0 Å². The number of carbonyl (C=O) groups excluding carboxylic acids is 1. The lowest BCUT2D eigenvalue weighted by molar-refractivity contribution is -0.115. The summed E-state index contributed by atoms with van der Waals surface area (Å²) in [6.45, 7) is 5.84. The number of benzene rings is 1. The van der Waals surface area contributed by atoms with E-state index in [0.29, 0.717) is 12.2 Å². The number of nitrogens with zero attached hydrogens (tertiary/aromatic N) is 1. The van der Waals surface area contributed by atoms with Gasteiger partial charge in [-0.2, -0.15) is 5.26 Å². The second-order valence-corrected chi connectivity index (χ2v) is 5.68. The van der Waals surface area contributed by atoms with Gasteiger partial charge < -0.3 is 5.32 Å². The van der Waals surface area contributed by atoms with Crippen molar-refractivity contribution in [2.75, 3.05) is 11.1 Å². The number of rotatable bonds is 5. The van der Waals surface area contributed by atoms with E-state index in [9.17, 15) is 4.79 Å². The van der Waals surface area contributed by atoms with E-state index in [0.717, 1.165) is 16.8 Å². The topological polar surface area (TPSA) is 52.9 Å². The molecule has 1 unspecified atom stereocenters. The molecule has 1 atom stereocenters. The predicted octanol–water partition coefficient (Wildman–Crippen LogP) is 3.28. The Labute approximate surface area is 113 Å². The molecule has 18 heavy (non-hydrogen) atoms. The molecule has 4 heteroatoms. The van der Waals surface area contributed by atoms with Gasteiger partial charge in [0, 0.05) is 17.9 Å². The normalized spacial score (nSPS) is 11.7. The van der Waals surface area contributed by atoms with Crippen molar-refractivity contribution in [3.8, 4) is 6.07 Å². The van der Waals surface area contributed by atoms with Gasteiger partial charge in [-0.1, -0.05) is 12.1 Å². The number of hydrogen-bond donors (Lipinski definition) is 1. The Balaban J connectivity index is 2.58. The Morgan fingerprint density at radius 3 is 2.89 bits per heavy atom. The highest BCUT2D eigenvalue weighted by Gasteiger charge is 2.14. The van der Waals surface area contributed by atoms with Crippen LogP contribution in [-0.4, -0.2) is 16.9 Å². The van der Waals surface area contributed by atoms with Crippen LogP contribution in [-0.2, 0) is 4.79 Å². The van der Waals surface area contributed by atoms with Crippen LogP contribution in [0.3, 0.4) is 0 Å². The monoisotopic (exact) mass is 262 g/mol. The number of carbonyl (C=O) groups is 1. The van der Waals surface area contributed by atoms with Crippen molar-refractivity contribution in [2.24, 2.45) is 0 Å². The first kappa shape index (κ1) is 14.6. The summed E-state index contributed by atoms with van der Waals surface area (Å²) in [6, 6.07) is 8.07. The van der Waals surface area contributed by atoms with Crippen LogP contribution >= 0.6 is 11.8 Å². The zero-order chi connectivity index (χ0) is 13.5. The fraction of sp³-hybridized carbons (Fsp3) is 0.429. The molecular weight excluding hydrogens is 244 g/mol. The number of nitrogens with one attached hydrogen (secondary N) is 1. The largest absolute Gasteiger partial charge is 0.325 e. The van der Waals surface area contributed by atoms with Gasteiger partial charge in [0.1, 0.15) is 0 Å². The molecule has 0 spiro atoms. The molecule has 1 N–H and O–H groups in total. The smallest absolute Gasteiger partial charge is 0.237 e. The fourth-order valence-electron chi connectivity index (χ4n) is 1.46. The van der Waals surface area contributed by atoms with Crippen LogP contribution in [0.4, 0.5) is 5.69 Å². The molecule has 96 valence electrons. The summed E-state index contributed by atoms with van der Waals surface area (Å²) >= 11 is 1.50. The lowest BCUT2D eigenvalue weighted by Crippen LogP contribution is -2.23. The minimum absolute atomic E-state index is 0.00774. The van der Waals surface area contributed by atoms with Gasteiger partial charge >= 0.3 is 0 Å². The second-order valence-electron chi connectivity index (χ2n) is 4.23. The molecule has 1 rings (SSSR count). The molecule has 0 bridgehead atoms. The Morgan fingerprint density at radius 2 is 2.22 bits per heavy atom. The molecule has 0 aliphatic rings. The van der Waals surface area contributed by atoms with Gasteiger partial charge in [0.15, 0.2) is 0 Å². The molecule has 0 fully saturated rings. The second kappa shape index (κ2) is 7.07. The van der Waals surface area contributed by atoms with Crippen LogP contribution in [0.25, 0.3) is 0 Å². The number of amides is 1. The van der Waals surface area contributed by atoms with Gasteiger partial charge in [-0.05, 0) is 38.0 Å². The van der Waals surface area contributed by atoms with E-state index >= 15 is 0 Å². The first-order chi connectivity index (χ1) is 8.54. The molecular formula is C14H18N2OS. The third kappa shape index (κ3) is 4.42. The molecule has 3 nitrogen and oxygen atoms in total. The first-order valence-electron chi connectivity index (χ1n) is 5.91. The summed E-state index contributed by atoms with van der Waals surface area (Å²) in [5, 5.41) is 11.3. The zero-order valence-corrected chi connectivity index (χ0v) is 11.8. The van der Waals surface area contributed by atoms with Crippen molar-refractivity contribution in [3.05, 3.63) is 29.3 Å². The van der Waals surface area contributed by atoms with Gasteiger partial charge in [-0.3, -0.25) is 4.79 Å². The van der Waals surface area contributed by atoms with Crippen molar-refractivity contribution in [3.63, 3.8) is 0 Å². The molecule has 1 aromatic carbocycles. The van der Waals surface area contributed by atoms with Crippen molar-refractivity contribution in [1.82, 2.24) is 0 Å². The zero-order valence-electron chi connectivity index (χ0n) is 11.0. The van der Waals surface area contributed by atoms with E-state index in [1.54, 1.807) is 0 Å². The van der Waals surface area contributed by atoms with E-state index < -0.39 is 0 Å². The van der Waals surface area contributed by atoms with E-state index in [4.69, 9.17) is 5.26 Å². The summed E-state index contributed by atoms with van der Waals surface area (Å²) in [7, 11) is 0. The van der Waals surface area contributed by atoms with E-state index in [1.807, 2.05) is 39.0 Å². The number of nitriles is 1. The van der Waals surface area contributed by atoms with Crippen LogP contribution < -0.4 is 5.32 Å². The van der Waals surface area contributed by atoms with Crippen LogP contribution in [0, 0.1) is 25.2 Å². The van der Waals surface area contributed by atoms with Crippen molar-refractivity contribution >= 4 is 23.4 Å². The quantitative estimate of drug-likeness (QED) is 0.828. The Hall–Kier alpha value is -1.47. The summed E-state index contributed by atoms with van der Waals surface area (Å²) in [5.41, 5.74) is 3.05. The summed E-state index contributed by atoms with van der Waals surface area (Å²) < 4.78 is 0. The van der Waals surface area contributed by atoms with Crippen LogP contribution in [0.1, 0.15) is 24.5 Å². The van der Waals surface area contributed by atoms with Gasteiger partial charge in [-0.15, -0.1) is 11.8 Å². The van der Waals surface area contributed by atoms with Crippen molar-refractivity contribution < 1.29 is 4.79 Å². The van der Waals surface area contributed by atoms with Gasteiger partial charge in [0.2, 0.25) is 5.91 Å². The molecule has 0 heterocycles. The first-order valence-corrected chi connectivity index (χ1v) is 6.96. The highest BCUT2D eigenvalue weighted by Crippen LogP contribution is 2.19. The molecule has 0 radical (unpaired) electrons. The number of anilines is 1. The maximum atomic E-state index is 12.0. The van der Waals surface area contributed by atoms with Crippen LogP contribution in [0.15, 0.2) is 18.2 Å². The highest BCUT2D eigenvalue weighted by atomic mass is 32.2. The SMILES string of the molecule is Cc1ccc(C)c(NC(=O)C(C)SCCC#N)c1. The van der Waals surface area contributed by atoms with Crippen LogP contribution in [0.2, 0.25) is 0 Å². The van der Waals surface area contributed by atoms with E-state index in [-0.39, 0.29) is 11.2 Å². The maximum absolute atomic E-state index is 12.0. The average molecular weight is 262 g/mol. The Kier molecular flexibility index (Phi) is 5.73. The molecule has 0 saturated carbocycles. The predicted molar refractivity (Wildman–Crippen MR) is 76.7 cm³/mol. The highest BCUT2D eigenvalue weighted by molar-refractivity contribution is 8.00. The molecule has 0 saturated heterocycles. The molecule has 1 aromatic rings. The lowest BCUT2D eigenvalue weighted by Gasteiger charge is -2.13. The number of hydrogen-bond acceptors (Lipinski definition) is 3. The molecule has 0 aromatic heterocycles. The summed E-state index contributed by atoms with van der Waals surface area (Å²) in [6.07, 6.45) is 0.478.